The van der Waals surface area contributed by atoms with E-state index in [2.05, 4.69) is 10.0 Å². The minimum absolute atomic E-state index is 0.0270. The summed E-state index contributed by atoms with van der Waals surface area (Å²) in [6.07, 6.45) is -1.60. The van der Waals surface area contributed by atoms with Crippen LogP contribution in [0.25, 0.3) is 0 Å². The fourth-order valence-electron chi connectivity index (χ4n) is 4.56. The molecule has 0 aliphatic heterocycles. The van der Waals surface area contributed by atoms with Crippen LogP contribution >= 0.6 is 0 Å². The van der Waals surface area contributed by atoms with E-state index in [1.165, 1.54) is 30.3 Å². The zero-order valence-electron chi connectivity index (χ0n) is 18.4. The first-order chi connectivity index (χ1) is 16.0. The highest BCUT2D eigenvalue weighted by Crippen LogP contribution is 2.50. The molecule has 2 aliphatic carbocycles. The van der Waals surface area contributed by atoms with E-state index in [1.54, 1.807) is 18.2 Å². The predicted molar refractivity (Wildman–Crippen MR) is 120 cm³/mol. The minimum Gasteiger partial charge on any atom is -0.376 e. The zero-order valence-corrected chi connectivity index (χ0v) is 19.3. The quantitative estimate of drug-likeness (QED) is 0.509. The van der Waals surface area contributed by atoms with Crippen molar-refractivity contribution in [1.29, 1.82) is 0 Å². The summed E-state index contributed by atoms with van der Waals surface area (Å²) in [4.78, 5) is 12.6. The molecule has 2 aliphatic rings. The molecule has 2 fully saturated rings. The van der Waals surface area contributed by atoms with Crippen molar-refractivity contribution in [2.75, 3.05) is 5.32 Å². The standard InChI is InChI=1S/C24H27F3N2O4S/c25-24(26,27)23(31,17-6-2-3-7-17)18-9-11-19(12-10-18)28-22(30)15-16-5-1-4-8-21(16)34(32,33)29-20-13-14-20/h1,4-5,8-12,17,20,29,31H,2-3,6-7,13-15H2,(H,28,30). The van der Waals surface area contributed by atoms with E-state index in [9.17, 15) is 31.5 Å². The molecule has 1 unspecified atom stereocenters. The van der Waals surface area contributed by atoms with Crippen molar-refractivity contribution in [3.05, 3.63) is 59.7 Å². The predicted octanol–water partition coefficient (Wildman–Crippen LogP) is 4.25. The van der Waals surface area contributed by atoms with E-state index in [0.717, 1.165) is 12.8 Å². The maximum atomic E-state index is 13.8. The average Bonchev–Trinajstić information content (AvgIpc) is 3.39. The minimum atomic E-state index is -4.82. The number of amides is 1. The van der Waals surface area contributed by atoms with Gasteiger partial charge in [-0.25, -0.2) is 13.1 Å². The Labute approximate surface area is 196 Å². The second-order valence-electron chi connectivity index (χ2n) is 9.05. The van der Waals surface area contributed by atoms with Crippen LogP contribution < -0.4 is 10.0 Å². The Morgan fingerprint density at radius 1 is 0.971 bits per heavy atom. The second-order valence-corrected chi connectivity index (χ2v) is 10.7. The Morgan fingerprint density at radius 3 is 2.18 bits per heavy atom. The maximum Gasteiger partial charge on any atom is 0.421 e. The molecule has 10 heteroatoms. The zero-order chi connectivity index (χ0) is 24.6. The van der Waals surface area contributed by atoms with Gasteiger partial charge in [-0.15, -0.1) is 0 Å². The summed E-state index contributed by atoms with van der Waals surface area (Å²) in [5.74, 6) is -1.42. The number of sulfonamides is 1. The number of nitrogens with one attached hydrogen (secondary N) is 2. The van der Waals surface area contributed by atoms with Gasteiger partial charge in [0.15, 0.2) is 5.60 Å². The monoisotopic (exact) mass is 496 g/mol. The molecule has 1 atom stereocenters. The highest BCUT2D eigenvalue weighted by atomic mass is 32.2. The van der Waals surface area contributed by atoms with Crippen LogP contribution in [0.5, 0.6) is 0 Å². The van der Waals surface area contributed by atoms with E-state index < -0.39 is 33.6 Å². The van der Waals surface area contributed by atoms with Gasteiger partial charge in [-0.2, -0.15) is 13.2 Å². The van der Waals surface area contributed by atoms with Gasteiger partial charge in [-0.05, 0) is 55.0 Å². The van der Waals surface area contributed by atoms with Crippen LogP contribution in [0, 0.1) is 5.92 Å². The van der Waals surface area contributed by atoms with Gasteiger partial charge in [-0.3, -0.25) is 4.79 Å². The van der Waals surface area contributed by atoms with E-state index in [-0.39, 0.29) is 28.6 Å². The maximum absolute atomic E-state index is 13.8. The SMILES string of the molecule is O=C(Cc1ccccc1S(=O)(=O)NC1CC1)Nc1ccc(C(O)(C2CCCC2)C(F)(F)F)cc1. The topological polar surface area (TPSA) is 95.5 Å². The fraction of sp³-hybridized carbons (Fsp3) is 0.458. The van der Waals surface area contributed by atoms with Crippen LogP contribution in [-0.2, 0) is 26.8 Å². The molecule has 184 valence electrons. The third-order valence-corrected chi connectivity index (χ3v) is 8.12. The van der Waals surface area contributed by atoms with Gasteiger partial charge >= 0.3 is 6.18 Å². The molecule has 3 N–H and O–H groups in total. The molecule has 0 bridgehead atoms. The van der Waals surface area contributed by atoms with Crippen molar-refractivity contribution in [2.45, 2.75) is 67.7 Å². The van der Waals surface area contributed by atoms with E-state index in [4.69, 9.17) is 0 Å². The Hall–Kier alpha value is -2.43. The summed E-state index contributed by atoms with van der Waals surface area (Å²) in [6, 6.07) is 11.1. The highest BCUT2D eigenvalue weighted by Gasteiger charge is 2.59. The Morgan fingerprint density at radius 2 is 1.59 bits per heavy atom. The summed E-state index contributed by atoms with van der Waals surface area (Å²) < 4.78 is 69.3. The normalized spacial score (nSPS) is 19.1. The number of benzene rings is 2. The van der Waals surface area contributed by atoms with Crippen molar-refractivity contribution < 1.29 is 31.5 Å². The molecule has 6 nitrogen and oxygen atoms in total. The molecular weight excluding hydrogens is 469 g/mol. The summed E-state index contributed by atoms with van der Waals surface area (Å²) in [7, 11) is -3.75. The van der Waals surface area contributed by atoms with Crippen molar-refractivity contribution in [3.8, 4) is 0 Å². The molecule has 1 amide bonds. The van der Waals surface area contributed by atoms with Crippen LogP contribution in [0.1, 0.15) is 49.7 Å². The molecule has 0 saturated heterocycles. The van der Waals surface area contributed by atoms with Crippen molar-refractivity contribution >= 4 is 21.6 Å². The number of anilines is 1. The summed E-state index contributed by atoms with van der Waals surface area (Å²) in [6.45, 7) is 0. The lowest BCUT2D eigenvalue weighted by molar-refractivity contribution is -0.286. The van der Waals surface area contributed by atoms with Gasteiger partial charge in [0.25, 0.3) is 0 Å². The molecule has 4 rings (SSSR count). The number of hydrogen-bond acceptors (Lipinski definition) is 4. The van der Waals surface area contributed by atoms with Gasteiger partial charge in [-0.1, -0.05) is 43.2 Å². The Bertz CT molecular complexity index is 1140. The molecule has 0 aromatic heterocycles. The van der Waals surface area contributed by atoms with E-state index in [1.807, 2.05) is 0 Å². The molecular formula is C24H27F3N2O4S. The van der Waals surface area contributed by atoms with Crippen LogP contribution in [0.3, 0.4) is 0 Å². The summed E-state index contributed by atoms with van der Waals surface area (Å²) in [5.41, 5.74) is -2.63. The first-order valence-corrected chi connectivity index (χ1v) is 12.8. The second kappa shape index (κ2) is 9.31. The number of rotatable bonds is 8. The third kappa shape index (κ3) is 5.13. The largest absolute Gasteiger partial charge is 0.421 e. The molecule has 0 heterocycles. The highest BCUT2D eigenvalue weighted by molar-refractivity contribution is 7.89. The van der Waals surface area contributed by atoms with Gasteiger partial charge < -0.3 is 10.4 Å². The number of alkyl halides is 3. The first kappa shape index (κ1) is 24.7. The molecule has 2 aromatic rings. The van der Waals surface area contributed by atoms with Gasteiger partial charge in [0.2, 0.25) is 15.9 Å². The molecule has 0 spiro atoms. The van der Waals surface area contributed by atoms with Crippen LogP contribution in [-0.4, -0.2) is 31.6 Å². The molecule has 2 aromatic carbocycles. The lowest BCUT2D eigenvalue weighted by Gasteiger charge is -2.36. The van der Waals surface area contributed by atoms with Crippen LogP contribution in [0.15, 0.2) is 53.4 Å². The summed E-state index contributed by atoms with van der Waals surface area (Å²) in [5, 5.41) is 13.3. The van der Waals surface area contributed by atoms with Gasteiger partial charge in [0.05, 0.1) is 11.3 Å². The van der Waals surface area contributed by atoms with Crippen molar-refractivity contribution in [3.63, 3.8) is 0 Å². The van der Waals surface area contributed by atoms with Gasteiger partial charge in [0.1, 0.15) is 0 Å². The fourth-order valence-corrected chi connectivity index (χ4v) is 6.10. The van der Waals surface area contributed by atoms with E-state index in [0.29, 0.717) is 31.2 Å². The smallest absolute Gasteiger partial charge is 0.376 e. The van der Waals surface area contributed by atoms with Crippen molar-refractivity contribution in [1.82, 2.24) is 4.72 Å². The number of carbonyl (C=O) groups excluding carboxylic acids is 1. The number of halogens is 3. The van der Waals surface area contributed by atoms with Crippen molar-refractivity contribution in [2.24, 2.45) is 5.92 Å². The molecule has 2 saturated carbocycles. The number of carbonyl (C=O) groups is 1. The van der Waals surface area contributed by atoms with E-state index >= 15 is 0 Å². The van der Waals surface area contributed by atoms with Crippen LogP contribution in [0.4, 0.5) is 18.9 Å². The Kier molecular flexibility index (Phi) is 6.76. The third-order valence-electron chi connectivity index (χ3n) is 6.50. The molecule has 0 radical (unpaired) electrons. The Balaban J connectivity index is 1.48. The average molecular weight is 497 g/mol. The lowest BCUT2D eigenvalue weighted by Crippen LogP contribution is -2.47. The number of aliphatic hydroxyl groups is 1. The first-order valence-electron chi connectivity index (χ1n) is 11.3. The summed E-state index contributed by atoms with van der Waals surface area (Å²) >= 11 is 0. The lowest BCUT2D eigenvalue weighted by atomic mass is 9.79. The molecule has 34 heavy (non-hydrogen) atoms. The van der Waals surface area contributed by atoms with Crippen LogP contribution in [0.2, 0.25) is 0 Å². The number of hydrogen-bond donors (Lipinski definition) is 3. The van der Waals surface area contributed by atoms with Gasteiger partial charge in [0, 0.05) is 17.6 Å².